The van der Waals surface area contributed by atoms with Crippen LogP contribution in [0.1, 0.15) is 20.3 Å². The molecule has 23 nitrogen and oxygen atoms in total. The fraction of sp³-hybridized carbons (Fsp3) is 0.355. The molecule has 0 amide bonds. The number of nitrogens with one attached hydrogen (secondary N) is 2. The van der Waals surface area contributed by atoms with Crippen LogP contribution >= 0.6 is 0 Å². The lowest BCUT2D eigenvalue weighted by molar-refractivity contribution is -0.636. The van der Waals surface area contributed by atoms with Crippen LogP contribution in [0.5, 0.6) is 11.5 Å². The number of hydrogen-bond acceptors (Lipinski definition) is 16. The second-order valence-electron chi connectivity index (χ2n) is 12.3. The highest BCUT2D eigenvalue weighted by atomic mass is 35.5. The van der Waals surface area contributed by atoms with E-state index in [2.05, 4.69) is 66.8 Å². The van der Waals surface area contributed by atoms with Gasteiger partial charge in [-0.25, -0.2) is 25.4 Å². The summed E-state index contributed by atoms with van der Waals surface area (Å²) in [5.74, 6) is 2.53. The number of nitrogens with zero attached hydrogens (tertiary/aromatic N) is 11. The zero-order chi connectivity index (χ0) is 39.2. The summed E-state index contributed by atoms with van der Waals surface area (Å²) >= 11 is 0. The second-order valence-corrected chi connectivity index (χ2v) is 15.0. The summed E-state index contributed by atoms with van der Waals surface area (Å²) in [4.78, 5) is 17.6. The maximum atomic E-state index is 11.4. The Hall–Kier alpha value is -5.41. The zero-order valence-electron chi connectivity index (χ0n) is 30.0. The van der Waals surface area contributed by atoms with Crippen molar-refractivity contribution in [2.24, 2.45) is 15.4 Å². The maximum Gasteiger partial charge on any atom is 0.276 e. The number of hydrogen-bond donors (Lipinski definition) is 6. The lowest BCUT2D eigenvalue weighted by Crippen LogP contribution is -3.00. The van der Waals surface area contributed by atoms with E-state index < -0.39 is 20.4 Å². The molecule has 4 aromatic heterocycles. The molecular weight excluding hydrogens is 806 g/mol. The predicted octanol–water partition coefficient (Wildman–Crippen LogP) is -4.34. The second kappa shape index (κ2) is 19.2. The van der Waals surface area contributed by atoms with Crippen molar-refractivity contribution in [2.45, 2.75) is 32.4 Å². The molecule has 57 heavy (non-hydrogen) atoms. The van der Waals surface area contributed by atoms with Gasteiger partial charge in [0.2, 0.25) is 11.9 Å². The first-order chi connectivity index (χ1) is 26.3. The van der Waals surface area contributed by atoms with Gasteiger partial charge in [0, 0.05) is 25.6 Å². The Kier molecular flexibility index (Phi) is 14.9. The average molecular weight is 850 g/mol. The van der Waals surface area contributed by atoms with Gasteiger partial charge in [-0.2, -0.15) is 40.5 Å². The molecule has 2 aliphatic heterocycles. The molecule has 6 aromatic rings. The zero-order valence-corrected chi connectivity index (χ0v) is 32.4. The van der Waals surface area contributed by atoms with Gasteiger partial charge in [0.05, 0.1) is 57.1 Å². The van der Waals surface area contributed by atoms with Gasteiger partial charge in [0.1, 0.15) is 11.5 Å². The minimum atomic E-state index is -3.68. The number of fused-ring (bicyclic) bond motifs is 2. The summed E-state index contributed by atoms with van der Waals surface area (Å²) in [7, 11) is -4.10. The number of aromatic nitrogens is 10. The largest absolute Gasteiger partial charge is 1.00 e. The Morgan fingerprint density at radius 3 is 1.58 bits per heavy atom. The van der Waals surface area contributed by atoms with Crippen LogP contribution < -0.4 is 53.2 Å². The van der Waals surface area contributed by atoms with Crippen LogP contribution in [0.2, 0.25) is 0 Å². The first-order valence-corrected chi connectivity index (χ1v) is 19.8. The van der Waals surface area contributed by atoms with Crippen LogP contribution in [-0.2, 0) is 20.4 Å². The fourth-order valence-corrected chi connectivity index (χ4v) is 6.47. The normalized spacial score (nSPS) is 16.6. The van der Waals surface area contributed by atoms with Gasteiger partial charge in [-0.15, -0.1) is 10.2 Å². The van der Waals surface area contributed by atoms with Crippen LogP contribution in [0.25, 0.3) is 33.7 Å². The maximum absolute atomic E-state index is 11.4. The van der Waals surface area contributed by atoms with Crippen molar-refractivity contribution in [3.8, 4) is 22.9 Å². The summed E-state index contributed by atoms with van der Waals surface area (Å²) in [6, 6.07) is 15.3. The molecule has 308 valence electrons. The van der Waals surface area contributed by atoms with Crippen LogP contribution in [0.15, 0.2) is 60.9 Å². The third-order valence-corrected chi connectivity index (χ3v) is 9.42. The van der Waals surface area contributed by atoms with E-state index in [0.717, 1.165) is 42.4 Å². The Balaban J connectivity index is 0.000000221. The first-order valence-electron chi connectivity index (χ1n) is 16.7. The molecular formula is C31H44ClN17O6S2. The van der Waals surface area contributed by atoms with Crippen LogP contribution in [0.3, 0.4) is 0 Å². The van der Waals surface area contributed by atoms with Crippen molar-refractivity contribution >= 4 is 54.6 Å². The standard InChI is InChI=1S/C15H18N8O3S.C15H17N7O.CH4.ClH.H4N2O2S/c1-26-12-4-2-11(3-5-12)23-14-13(20-21-23)8-17-15(19-14)18-10-6-7-22(9-10)27(16,24)25;1-23-12-4-2-11(3-5-12)22-14-13(20-21-22)9-17-15(19-14)18-10-6-7-16-8-10;;;1-5(2,3)4/h2-5,8,10H,6-7,9H2,1H3,(H2,16,24,25)(H,17,18,19);2-5,9-10,16H,6-8H2,1H3,(H,17,18,19);1H4;1H;(H4,1,2,3,4)/t2*10-;;;/m11.../s1. The lowest BCUT2D eigenvalue weighted by atomic mass is 10.3. The van der Waals surface area contributed by atoms with Crippen LogP contribution in [0.4, 0.5) is 11.9 Å². The molecule has 2 atom stereocenters. The number of ether oxygens (including phenoxy) is 2. The van der Waals surface area contributed by atoms with Crippen molar-refractivity contribution in [1.29, 1.82) is 0 Å². The monoisotopic (exact) mass is 849 g/mol. The van der Waals surface area contributed by atoms with Crippen molar-refractivity contribution in [2.75, 3.05) is 51.0 Å². The molecule has 8 rings (SSSR count). The number of methoxy groups -OCH3 is 2. The third-order valence-electron chi connectivity index (χ3n) is 8.37. The molecule has 0 spiro atoms. The summed E-state index contributed by atoms with van der Waals surface area (Å²) in [6.45, 7) is 2.84. The Morgan fingerprint density at radius 2 is 1.19 bits per heavy atom. The van der Waals surface area contributed by atoms with Crippen molar-refractivity contribution in [3.63, 3.8) is 0 Å². The summed E-state index contributed by atoms with van der Waals surface area (Å²) < 4.78 is 56.1. The average Bonchev–Trinajstić information content (AvgIpc) is 3.99. The van der Waals surface area contributed by atoms with Gasteiger partial charge in [-0.3, -0.25) is 0 Å². The van der Waals surface area contributed by atoms with Gasteiger partial charge >= 0.3 is 0 Å². The third kappa shape index (κ3) is 11.8. The van der Waals surface area contributed by atoms with Gasteiger partial charge in [0.15, 0.2) is 22.3 Å². The molecule has 26 heteroatoms. The van der Waals surface area contributed by atoms with E-state index in [0.29, 0.717) is 53.2 Å². The number of benzene rings is 2. The van der Waals surface area contributed by atoms with Crippen LogP contribution in [-0.4, -0.2) is 124 Å². The van der Waals surface area contributed by atoms with Crippen molar-refractivity contribution in [1.82, 2.24) is 54.2 Å². The number of halogens is 1. The highest BCUT2D eigenvalue weighted by Crippen LogP contribution is 2.21. The molecule has 6 heterocycles. The van der Waals surface area contributed by atoms with E-state index in [1.807, 2.05) is 48.5 Å². The molecule has 0 saturated carbocycles. The molecule has 2 fully saturated rings. The number of quaternary nitrogens is 1. The Labute approximate surface area is 334 Å². The number of rotatable bonds is 9. The Morgan fingerprint density at radius 1 is 0.737 bits per heavy atom. The molecule has 2 saturated heterocycles. The number of nitrogens with two attached hydrogens (primary N) is 4. The predicted molar refractivity (Wildman–Crippen MR) is 206 cm³/mol. The van der Waals surface area contributed by atoms with Gasteiger partial charge in [0.25, 0.3) is 20.4 Å². The number of anilines is 2. The molecule has 0 bridgehead atoms. The minimum absolute atomic E-state index is 0. The van der Waals surface area contributed by atoms with Gasteiger partial charge < -0.3 is 37.8 Å². The molecule has 0 aliphatic carbocycles. The van der Waals surface area contributed by atoms with E-state index in [4.69, 9.17) is 14.6 Å². The van der Waals surface area contributed by atoms with Crippen molar-refractivity contribution < 1.29 is 44.0 Å². The van der Waals surface area contributed by atoms with E-state index in [-0.39, 0.29) is 32.4 Å². The first kappa shape index (κ1) is 44.3. The van der Waals surface area contributed by atoms with Gasteiger partial charge in [-0.05, 0) is 55.0 Å². The molecule has 10 N–H and O–H groups in total. The van der Waals surface area contributed by atoms with E-state index in [1.54, 1.807) is 36.0 Å². The van der Waals surface area contributed by atoms with Crippen LogP contribution in [0, 0.1) is 0 Å². The van der Waals surface area contributed by atoms with E-state index in [9.17, 15) is 16.8 Å². The lowest BCUT2D eigenvalue weighted by Gasteiger charge is -2.14. The smallest absolute Gasteiger partial charge is 0.276 e. The fourth-order valence-electron chi connectivity index (χ4n) is 5.72. The highest BCUT2D eigenvalue weighted by Gasteiger charge is 2.29. The summed E-state index contributed by atoms with van der Waals surface area (Å²) in [6.07, 6.45) is 5.02. The van der Waals surface area contributed by atoms with E-state index in [1.165, 1.54) is 4.31 Å². The van der Waals surface area contributed by atoms with E-state index >= 15 is 0 Å². The quantitative estimate of drug-likeness (QED) is 0.0801. The molecule has 2 aromatic carbocycles. The Bertz CT molecular complexity index is 2440. The summed E-state index contributed by atoms with van der Waals surface area (Å²) in [5, 5.41) is 38.7. The minimum Gasteiger partial charge on any atom is -1.00 e. The van der Waals surface area contributed by atoms with Crippen molar-refractivity contribution in [3.05, 3.63) is 60.9 Å². The topological polar surface area (TPSA) is 322 Å². The molecule has 0 unspecified atom stereocenters. The SMILES string of the molecule is C.COc1ccc(-n2nnc3cnc(N[C@@H]4CCN(S(N)(=O)=O)C4)nc32)cc1.COc1ccc(-n2nnc3cnc(N[C@@H]4CC[NH2+]C4)nc32)cc1.NS(N)(=O)=O.[Cl-]. The summed E-state index contributed by atoms with van der Waals surface area (Å²) in [5.41, 5.74) is 4.11. The highest BCUT2D eigenvalue weighted by molar-refractivity contribution is 7.87. The molecule has 2 aliphatic rings. The van der Waals surface area contributed by atoms with Gasteiger partial charge in [-0.1, -0.05) is 17.9 Å². The molecule has 0 radical (unpaired) electrons.